The molecule has 0 bridgehead atoms. The number of fused-ring (bicyclic) bond motifs is 10. The zero-order chi connectivity index (χ0) is 28.8. The molecule has 0 N–H and O–H groups in total. The molecule has 0 spiro atoms. The van der Waals surface area contributed by atoms with Crippen LogP contribution in [0.4, 0.5) is 0 Å². The predicted molar refractivity (Wildman–Crippen MR) is 190 cm³/mol. The summed E-state index contributed by atoms with van der Waals surface area (Å²) >= 11 is 1.88. The maximum atomic E-state index is 6.22. The standard InChI is InChI=1S/C42H24OS/c1-2-10-25(11-3-1)40-29-13-4-6-15-31(29)41(32-16-7-5-14-30(32)40)27-18-20-33-39(23-27)44-38-21-19-26-22-37-35(24-34(26)42(33)38)28-12-8-9-17-36(28)43-37/h1-24H. The summed E-state index contributed by atoms with van der Waals surface area (Å²) in [7, 11) is 0. The Morgan fingerprint density at radius 1 is 0.364 bits per heavy atom. The second-order valence-corrected chi connectivity index (χ2v) is 12.7. The van der Waals surface area contributed by atoms with Crippen molar-refractivity contribution in [1.82, 2.24) is 0 Å². The molecule has 0 aliphatic rings. The molecule has 0 aliphatic carbocycles. The van der Waals surface area contributed by atoms with Crippen LogP contribution in [0, 0.1) is 0 Å². The Balaban J connectivity index is 1.26. The third kappa shape index (κ3) is 3.35. The van der Waals surface area contributed by atoms with Gasteiger partial charge in [0.1, 0.15) is 11.2 Å². The fourth-order valence-corrected chi connectivity index (χ4v) is 8.49. The summed E-state index contributed by atoms with van der Waals surface area (Å²) in [6.07, 6.45) is 0. The third-order valence-electron chi connectivity index (χ3n) is 9.23. The number of rotatable bonds is 2. The van der Waals surface area contributed by atoms with E-state index < -0.39 is 0 Å². The zero-order valence-electron chi connectivity index (χ0n) is 23.7. The molecule has 0 amide bonds. The van der Waals surface area contributed by atoms with Gasteiger partial charge in [0, 0.05) is 30.9 Å². The van der Waals surface area contributed by atoms with Gasteiger partial charge in [-0.15, -0.1) is 11.3 Å². The topological polar surface area (TPSA) is 13.1 Å². The Labute approximate surface area is 257 Å². The number of para-hydroxylation sites is 1. The van der Waals surface area contributed by atoms with Gasteiger partial charge < -0.3 is 4.42 Å². The van der Waals surface area contributed by atoms with E-state index >= 15 is 0 Å². The fraction of sp³-hybridized carbons (Fsp3) is 0. The first-order valence-electron chi connectivity index (χ1n) is 15.0. The molecular weight excluding hydrogens is 553 g/mol. The van der Waals surface area contributed by atoms with Crippen molar-refractivity contribution in [1.29, 1.82) is 0 Å². The van der Waals surface area contributed by atoms with Gasteiger partial charge in [0.15, 0.2) is 0 Å². The Morgan fingerprint density at radius 2 is 1.00 bits per heavy atom. The van der Waals surface area contributed by atoms with E-state index in [0.717, 1.165) is 11.2 Å². The molecule has 0 radical (unpaired) electrons. The Bertz CT molecular complexity index is 2710. The number of thiophene rings is 1. The number of hydrogen-bond acceptors (Lipinski definition) is 2. The molecule has 0 atom stereocenters. The third-order valence-corrected chi connectivity index (χ3v) is 10.4. The summed E-state index contributed by atoms with van der Waals surface area (Å²) in [5, 5.41) is 12.6. The van der Waals surface area contributed by atoms with Gasteiger partial charge in [-0.1, -0.05) is 115 Å². The van der Waals surface area contributed by atoms with E-state index in [1.165, 1.54) is 85.5 Å². The summed E-state index contributed by atoms with van der Waals surface area (Å²) in [5.41, 5.74) is 6.98. The molecule has 2 heteroatoms. The van der Waals surface area contributed by atoms with Gasteiger partial charge in [-0.25, -0.2) is 0 Å². The van der Waals surface area contributed by atoms with E-state index in [1.54, 1.807) is 0 Å². The average Bonchev–Trinajstić information content (AvgIpc) is 3.64. The van der Waals surface area contributed by atoms with Crippen LogP contribution in [-0.2, 0) is 0 Å². The predicted octanol–water partition coefficient (Wildman–Crippen LogP) is 12.7. The molecular formula is C42H24OS. The Morgan fingerprint density at radius 3 is 1.73 bits per heavy atom. The lowest BCUT2D eigenvalue weighted by Gasteiger charge is -2.17. The summed E-state index contributed by atoms with van der Waals surface area (Å²) in [4.78, 5) is 0. The van der Waals surface area contributed by atoms with Gasteiger partial charge in [-0.3, -0.25) is 0 Å². The average molecular weight is 577 g/mol. The van der Waals surface area contributed by atoms with Gasteiger partial charge in [-0.2, -0.15) is 0 Å². The van der Waals surface area contributed by atoms with Crippen LogP contribution in [0.25, 0.3) is 96.7 Å². The lowest BCUT2D eigenvalue weighted by Crippen LogP contribution is -1.90. The van der Waals surface area contributed by atoms with Crippen molar-refractivity contribution in [2.75, 3.05) is 0 Å². The van der Waals surface area contributed by atoms with Crippen LogP contribution in [0.5, 0.6) is 0 Å². The van der Waals surface area contributed by atoms with E-state index in [1.807, 2.05) is 17.4 Å². The first kappa shape index (κ1) is 24.0. The fourth-order valence-electron chi connectivity index (χ4n) is 7.33. The summed E-state index contributed by atoms with van der Waals surface area (Å²) < 4.78 is 8.83. The largest absolute Gasteiger partial charge is 0.456 e. The van der Waals surface area contributed by atoms with Crippen LogP contribution in [0.1, 0.15) is 0 Å². The molecule has 44 heavy (non-hydrogen) atoms. The van der Waals surface area contributed by atoms with Crippen molar-refractivity contribution in [2.24, 2.45) is 0 Å². The minimum atomic E-state index is 0.937. The van der Waals surface area contributed by atoms with Crippen LogP contribution >= 0.6 is 11.3 Å². The molecule has 204 valence electrons. The molecule has 2 aromatic heterocycles. The van der Waals surface area contributed by atoms with Crippen molar-refractivity contribution >= 4 is 85.8 Å². The first-order chi connectivity index (χ1) is 21.8. The summed E-state index contributed by atoms with van der Waals surface area (Å²) in [6.45, 7) is 0. The molecule has 0 fully saturated rings. The van der Waals surface area contributed by atoms with E-state index in [0.29, 0.717) is 0 Å². The van der Waals surface area contributed by atoms with Gasteiger partial charge in [0.25, 0.3) is 0 Å². The molecule has 10 aromatic rings. The highest BCUT2D eigenvalue weighted by molar-refractivity contribution is 7.26. The van der Waals surface area contributed by atoms with Crippen molar-refractivity contribution in [2.45, 2.75) is 0 Å². The minimum Gasteiger partial charge on any atom is -0.456 e. The number of furan rings is 1. The molecule has 0 unspecified atom stereocenters. The Kier molecular flexibility index (Phi) is 4.94. The smallest absolute Gasteiger partial charge is 0.136 e. The lowest BCUT2D eigenvalue weighted by atomic mass is 9.86. The monoisotopic (exact) mass is 576 g/mol. The van der Waals surface area contributed by atoms with Crippen LogP contribution in [-0.4, -0.2) is 0 Å². The highest BCUT2D eigenvalue weighted by atomic mass is 32.1. The van der Waals surface area contributed by atoms with Gasteiger partial charge in [0.2, 0.25) is 0 Å². The molecule has 0 saturated heterocycles. The number of hydrogen-bond donors (Lipinski definition) is 0. The van der Waals surface area contributed by atoms with E-state index in [2.05, 4.69) is 140 Å². The maximum Gasteiger partial charge on any atom is 0.136 e. The van der Waals surface area contributed by atoms with Crippen LogP contribution in [0.15, 0.2) is 150 Å². The molecule has 1 nitrogen and oxygen atoms in total. The number of benzene rings is 8. The summed E-state index contributed by atoms with van der Waals surface area (Å²) in [5.74, 6) is 0. The molecule has 0 saturated carbocycles. The molecule has 0 aliphatic heterocycles. The second kappa shape index (κ2) is 9.03. The van der Waals surface area contributed by atoms with Gasteiger partial charge in [0.05, 0.1) is 0 Å². The Hall–Kier alpha value is -5.44. The molecule has 2 heterocycles. The molecule has 10 rings (SSSR count). The van der Waals surface area contributed by atoms with E-state index in [-0.39, 0.29) is 0 Å². The van der Waals surface area contributed by atoms with Crippen molar-refractivity contribution in [3.63, 3.8) is 0 Å². The van der Waals surface area contributed by atoms with E-state index in [4.69, 9.17) is 4.42 Å². The van der Waals surface area contributed by atoms with Gasteiger partial charge in [-0.05, 0) is 84.9 Å². The van der Waals surface area contributed by atoms with Gasteiger partial charge >= 0.3 is 0 Å². The summed E-state index contributed by atoms with van der Waals surface area (Å²) in [6, 6.07) is 53.0. The van der Waals surface area contributed by atoms with Crippen LogP contribution in [0.3, 0.4) is 0 Å². The normalized spacial score (nSPS) is 12.1. The zero-order valence-corrected chi connectivity index (χ0v) is 24.5. The van der Waals surface area contributed by atoms with Crippen molar-refractivity contribution < 1.29 is 4.42 Å². The highest BCUT2D eigenvalue weighted by Crippen LogP contribution is 2.46. The second-order valence-electron chi connectivity index (χ2n) is 11.6. The minimum absolute atomic E-state index is 0.937. The SMILES string of the molecule is c1ccc(-c2c3ccccc3c(-c3ccc4c(c3)sc3ccc5cc6oc7ccccc7c6cc5c34)c3ccccc23)cc1. The van der Waals surface area contributed by atoms with Crippen molar-refractivity contribution in [3.8, 4) is 22.3 Å². The first-order valence-corrected chi connectivity index (χ1v) is 15.8. The lowest BCUT2D eigenvalue weighted by molar-refractivity contribution is 0.669. The van der Waals surface area contributed by atoms with Crippen LogP contribution in [0.2, 0.25) is 0 Å². The van der Waals surface area contributed by atoms with Crippen molar-refractivity contribution in [3.05, 3.63) is 146 Å². The highest BCUT2D eigenvalue weighted by Gasteiger charge is 2.18. The quantitative estimate of drug-likeness (QED) is 0.187. The van der Waals surface area contributed by atoms with E-state index in [9.17, 15) is 0 Å². The van der Waals surface area contributed by atoms with Crippen LogP contribution < -0.4 is 0 Å². The molecule has 8 aromatic carbocycles. The maximum absolute atomic E-state index is 6.22.